The summed E-state index contributed by atoms with van der Waals surface area (Å²) in [5.41, 5.74) is 0.973. The Morgan fingerprint density at radius 3 is 2.63 bits per heavy atom. The zero-order chi connectivity index (χ0) is 20.1. The maximum absolute atomic E-state index is 12.3. The minimum absolute atomic E-state index is 0.101. The number of carbonyl (C=O) groups is 1. The van der Waals surface area contributed by atoms with Crippen molar-refractivity contribution in [3.05, 3.63) is 59.3 Å². The number of nitrogens with zero attached hydrogens (tertiary/aromatic N) is 1. The fourth-order valence-corrected chi connectivity index (χ4v) is 3.01. The standard InChI is InChI=1S/C17H17F3N2O4S/c1-27(24,25)10-12-4-2-5-13(8-12)15(23)22-9-14-6-3-7-21-16(14)26-11-17(18,19)20/h2-8H,9-11H2,1H3,(H,22,23). The van der Waals surface area contributed by atoms with E-state index in [9.17, 15) is 26.4 Å². The molecule has 0 radical (unpaired) electrons. The maximum atomic E-state index is 12.3. The summed E-state index contributed by atoms with van der Waals surface area (Å²) in [5.74, 6) is -0.927. The summed E-state index contributed by atoms with van der Waals surface area (Å²) in [7, 11) is -3.25. The Labute approximate surface area is 154 Å². The summed E-state index contributed by atoms with van der Waals surface area (Å²) < 4.78 is 64.3. The Balaban J connectivity index is 2.05. The number of aromatic nitrogens is 1. The minimum Gasteiger partial charge on any atom is -0.468 e. The molecule has 0 unspecified atom stereocenters. The second-order valence-corrected chi connectivity index (χ2v) is 7.96. The lowest BCUT2D eigenvalue weighted by atomic mass is 10.1. The van der Waals surface area contributed by atoms with Gasteiger partial charge < -0.3 is 10.1 Å². The molecule has 27 heavy (non-hydrogen) atoms. The Morgan fingerprint density at radius 1 is 1.22 bits per heavy atom. The molecule has 0 aliphatic carbocycles. The van der Waals surface area contributed by atoms with Gasteiger partial charge >= 0.3 is 6.18 Å². The van der Waals surface area contributed by atoms with Crippen molar-refractivity contribution in [2.24, 2.45) is 0 Å². The normalized spacial score (nSPS) is 11.9. The number of benzene rings is 1. The smallest absolute Gasteiger partial charge is 0.422 e. The highest BCUT2D eigenvalue weighted by Gasteiger charge is 2.29. The Hall–Kier alpha value is -2.62. The first-order valence-corrected chi connectivity index (χ1v) is 9.78. The minimum atomic E-state index is -4.50. The molecule has 0 aliphatic heterocycles. The van der Waals surface area contributed by atoms with Crippen molar-refractivity contribution in [2.75, 3.05) is 12.9 Å². The monoisotopic (exact) mass is 402 g/mol. The molecular formula is C17H17F3N2O4S. The summed E-state index contributed by atoms with van der Waals surface area (Å²) in [4.78, 5) is 16.0. The lowest BCUT2D eigenvalue weighted by Gasteiger charge is -2.12. The third kappa shape index (κ3) is 7.26. The van der Waals surface area contributed by atoms with Gasteiger partial charge in [0.05, 0.1) is 5.75 Å². The summed E-state index contributed by atoms with van der Waals surface area (Å²) in [5, 5.41) is 2.55. The molecule has 1 aromatic heterocycles. The number of halogens is 3. The highest BCUT2D eigenvalue weighted by molar-refractivity contribution is 7.89. The van der Waals surface area contributed by atoms with Gasteiger partial charge in [-0.2, -0.15) is 13.2 Å². The van der Waals surface area contributed by atoms with E-state index >= 15 is 0 Å². The molecule has 6 nitrogen and oxygen atoms in total. The average Bonchev–Trinajstić information content (AvgIpc) is 2.56. The number of nitrogens with one attached hydrogen (secondary N) is 1. The van der Waals surface area contributed by atoms with Crippen LogP contribution in [0.1, 0.15) is 21.5 Å². The van der Waals surface area contributed by atoms with Crippen LogP contribution in [-0.2, 0) is 22.1 Å². The van der Waals surface area contributed by atoms with Gasteiger partial charge in [0.1, 0.15) is 0 Å². The van der Waals surface area contributed by atoms with Crippen molar-refractivity contribution in [3.63, 3.8) is 0 Å². The molecule has 146 valence electrons. The van der Waals surface area contributed by atoms with E-state index in [0.717, 1.165) is 6.26 Å². The van der Waals surface area contributed by atoms with Gasteiger partial charge in [-0.15, -0.1) is 0 Å². The lowest BCUT2D eigenvalue weighted by Crippen LogP contribution is -2.24. The van der Waals surface area contributed by atoms with Gasteiger partial charge in [-0.3, -0.25) is 4.79 Å². The molecule has 0 atom stereocenters. The van der Waals surface area contributed by atoms with E-state index in [-0.39, 0.29) is 29.3 Å². The van der Waals surface area contributed by atoms with Crippen molar-refractivity contribution in [1.82, 2.24) is 10.3 Å². The molecular weight excluding hydrogens is 385 g/mol. The first-order chi connectivity index (χ1) is 12.5. The second kappa shape index (κ2) is 8.38. The molecule has 1 aromatic carbocycles. The zero-order valence-electron chi connectivity index (χ0n) is 14.3. The zero-order valence-corrected chi connectivity index (χ0v) is 15.1. The van der Waals surface area contributed by atoms with Crippen LogP contribution in [0.15, 0.2) is 42.6 Å². The Bertz CT molecular complexity index is 914. The van der Waals surface area contributed by atoms with Gasteiger partial charge in [0.2, 0.25) is 5.88 Å². The van der Waals surface area contributed by atoms with Crippen molar-refractivity contribution < 1.29 is 31.1 Å². The third-order valence-electron chi connectivity index (χ3n) is 3.28. The molecule has 0 saturated heterocycles. The van der Waals surface area contributed by atoms with Crippen LogP contribution in [0.25, 0.3) is 0 Å². The van der Waals surface area contributed by atoms with Gasteiger partial charge in [-0.05, 0) is 23.8 Å². The van der Waals surface area contributed by atoms with Crippen LogP contribution in [0.5, 0.6) is 5.88 Å². The number of rotatable bonds is 7. The molecule has 1 heterocycles. The number of pyridine rings is 1. The summed E-state index contributed by atoms with van der Waals surface area (Å²) in [6.07, 6.45) is -2.13. The Morgan fingerprint density at radius 2 is 1.96 bits per heavy atom. The lowest BCUT2D eigenvalue weighted by molar-refractivity contribution is -0.154. The van der Waals surface area contributed by atoms with E-state index in [4.69, 9.17) is 0 Å². The molecule has 2 rings (SSSR count). The molecule has 0 fully saturated rings. The van der Waals surface area contributed by atoms with E-state index in [1.807, 2.05) is 0 Å². The van der Waals surface area contributed by atoms with Crippen molar-refractivity contribution in [2.45, 2.75) is 18.5 Å². The molecule has 0 spiro atoms. The summed E-state index contributed by atoms with van der Waals surface area (Å²) in [6.45, 7) is -1.59. The van der Waals surface area contributed by atoms with E-state index in [2.05, 4.69) is 15.0 Å². The molecule has 0 bridgehead atoms. The number of alkyl halides is 3. The number of ether oxygens (including phenoxy) is 1. The summed E-state index contributed by atoms with van der Waals surface area (Å²) in [6, 6.07) is 9.08. The van der Waals surface area contributed by atoms with Crippen LogP contribution in [-0.4, -0.2) is 38.3 Å². The van der Waals surface area contributed by atoms with E-state index in [0.29, 0.717) is 5.56 Å². The van der Waals surface area contributed by atoms with Crippen LogP contribution >= 0.6 is 0 Å². The first kappa shape index (κ1) is 20.7. The molecule has 0 saturated carbocycles. The van der Waals surface area contributed by atoms with Gasteiger partial charge in [0.25, 0.3) is 5.91 Å². The maximum Gasteiger partial charge on any atom is 0.422 e. The predicted molar refractivity (Wildman–Crippen MR) is 91.9 cm³/mol. The molecule has 1 N–H and O–H groups in total. The second-order valence-electron chi connectivity index (χ2n) is 5.82. The number of hydrogen-bond acceptors (Lipinski definition) is 5. The largest absolute Gasteiger partial charge is 0.468 e. The van der Waals surface area contributed by atoms with Gasteiger partial charge in [-0.25, -0.2) is 13.4 Å². The number of carbonyl (C=O) groups excluding carboxylic acids is 1. The first-order valence-electron chi connectivity index (χ1n) is 7.72. The fraction of sp³-hybridized carbons (Fsp3) is 0.294. The summed E-state index contributed by atoms with van der Waals surface area (Å²) >= 11 is 0. The molecule has 10 heteroatoms. The van der Waals surface area contributed by atoms with Crippen LogP contribution < -0.4 is 10.1 Å². The molecule has 1 amide bonds. The quantitative estimate of drug-likeness (QED) is 0.769. The van der Waals surface area contributed by atoms with Gasteiger partial charge in [-0.1, -0.05) is 18.2 Å². The third-order valence-corrected chi connectivity index (χ3v) is 4.14. The van der Waals surface area contributed by atoms with Gasteiger partial charge in [0.15, 0.2) is 16.4 Å². The van der Waals surface area contributed by atoms with Crippen molar-refractivity contribution >= 4 is 15.7 Å². The SMILES string of the molecule is CS(=O)(=O)Cc1cccc(C(=O)NCc2cccnc2OCC(F)(F)F)c1. The molecule has 0 aliphatic rings. The predicted octanol–water partition coefficient (Wildman–Crippen LogP) is 2.50. The number of sulfone groups is 1. The number of hydrogen-bond donors (Lipinski definition) is 1. The highest BCUT2D eigenvalue weighted by Crippen LogP contribution is 2.20. The van der Waals surface area contributed by atoms with Crippen molar-refractivity contribution in [3.8, 4) is 5.88 Å². The van der Waals surface area contributed by atoms with Crippen LogP contribution in [0.4, 0.5) is 13.2 Å². The highest BCUT2D eigenvalue weighted by atomic mass is 32.2. The van der Waals surface area contributed by atoms with Gasteiger partial charge in [0, 0.05) is 30.1 Å². The van der Waals surface area contributed by atoms with Crippen LogP contribution in [0.3, 0.4) is 0 Å². The molecule has 2 aromatic rings. The van der Waals surface area contributed by atoms with Crippen molar-refractivity contribution in [1.29, 1.82) is 0 Å². The van der Waals surface area contributed by atoms with E-state index in [1.54, 1.807) is 12.1 Å². The Kier molecular flexibility index (Phi) is 6.42. The van der Waals surface area contributed by atoms with E-state index in [1.165, 1.54) is 30.5 Å². The topological polar surface area (TPSA) is 85.4 Å². The van der Waals surface area contributed by atoms with E-state index < -0.39 is 28.5 Å². The van der Waals surface area contributed by atoms with Crippen LogP contribution in [0, 0.1) is 0 Å². The van der Waals surface area contributed by atoms with Crippen LogP contribution in [0.2, 0.25) is 0 Å². The fourth-order valence-electron chi connectivity index (χ4n) is 2.22. The number of amides is 1. The average molecular weight is 402 g/mol.